The van der Waals surface area contributed by atoms with Gasteiger partial charge in [-0.15, -0.1) is 21.5 Å². The normalized spacial score (nSPS) is 13.4. The predicted molar refractivity (Wildman–Crippen MR) is 127 cm³/mol. The zero-order chi connectivity index (χ0) is 23.5. The van der Waals surface area contributed by atoms with Gasteiger partial charge in [0.1, 0.15) is 23.1 Å². The zero-order valence-electron chi connectivity index (χ0n) is 18.6. The van der Waals surface area contributed by atoms with Crippen LogP contribution in [0, 0.1) is 0 Å². The molecule has 2 amide bonds. The number of primary amides is 1. The van der Waals surface area contributed by atoms with Crippen LogP contribution in [0.3, 0.4) is 0 Å². The van der Waals surface area contributed by atoms with Crippen LogP contribution in [0.4, 0.5) is 5.00 Å². The number of nitrogens with zero attached hydrogens (tertiary/aromatic N) is 3. The van der Waals surface area contributed by atoms with E-state index in [1.54, 1.807) is 18.6 Å². The van der Waals surface area contributed by atoms with Crippen molar-refractivity contribution in [3.05, 3.63) is 46.1 Å². The Kier molecular flexibility index (Phi) is 6.89. The number of rotatable bonds is 9. The third-order valence-corrected chi connectivity index (χ3v) is 7.75. The minimum Gasteiger partial charge on any atom is -0.497 e. The summed E-state index contributed by atoms with van der Waals surface area (Å²) in [7, 11) is 3.44. The van der Waals surface area contributed by atoms with Crippen LogP contribution in [0.5, 0.6) is 11.5 Å². The molecule has 1 aromatic carbocycles. The van der Waals surface area contributed by atoms with Gasteiger partial charge in [-0.1, -0.05) is 11.8 Å². The number of nitrogens with one attached hydrogen (secondary N) is 1. The number of thioether (sulfide) groups is 1. The van der Waals surface area contributed by atoms with Gasteiger partial charge >= 0.3 is 0 Å². The fraction of sp³-hybridized carbons (Fsp3) is 0.364. The molecule has 0 saturated heterocycles. The SMILES string of the molecule is COc1ccc(OCc2nnc(S[C@@H](C)C(=O)Nc3sc4c(c3C(N)=O)CCC4)n2C)cc1. The number of nitrogens with two attached hydrogens (primary N) is 1. The Morgan fingerprint density at radius 3 is 2.67 bits per heavy atom. The number of benzene rings is 1. The first-order chi connectivity index (χ1) is 15.9. The molecule has 3 N–H and O–H groups in total. The summed E-state index contributed by atoms with van der Waals surface area (Å²) >= 11 is 2.73. The van der Waals surface area contributed by atoms with Gasteiger partial charge in [-0.3, -0.25) is 9.59 Å². The van der Waals surface area contributed by atoms with Crippen LogP contribution < -0.4 is 20.5 Å². The molecule has 4 rings (SSSR count). The number of carbonyl (C=O) groups excluding carboxylic acids is 2. The molecule has 0 fully saturated rings. The van der Waals surface area contributed by atoms with E-state index in [0.717, 1.165) is 35.5 Å². The van der Waals surface area contributed by atoms with Gasteiger partial charge in [0.05, 0.1) is 17.9 Å². The highest BCUT2D eigenvalue weighted by Gasteiger charge is 2.27. The Labute approximate surface area is 199 Å². The van der Waals surface area contributed by atoms with Gasteiger partial charge in [0, 0.05) is 11.9 Å². The van der Waals surface area contributed by atoms with Crippen molar-refractivity contribution in [1.82, 2.24) is 14.8 Å². The van der Waals surface area contributed by atoms with E-state index in [4.69, 9.17) is 15.2 Å². The molecular weight excluding hydrogens is 462 g/mol. The monoisotopic (exact) mass is 487 g/mol. The summed E-state index contributed by atoms with van der Waals surface area (Å²) < 4.78 is 12.7. The molecule has 1 aliphatic rings. The van der Waals surface area contributed by atoms with Gasteiger partial charge in [0.15, 0.2) is 11.0 Å². The van der Waals surface area contributed by atoms with Crippen molar-refractivity contribution in [1.29, 1.82) is 0 Å². The molecule has 11 heteroatoms. The van der Waals surface area contributed by atoms with Crippen LogP contribution in [0.2, 0.25) is 0 Å². The van der Waals surface area contributed by atoms with E-state index in [0.29, 0.717) is 27.3 Å². The number of amides is 2. The zero-order valence-corrected chi connectivity index (χ0v) is 20.2. The smallest absolute Gasteiger partial charge is 0.251 e. The molecule has 2 heterocycles. The summed E-state index contributed by atoms with van der Waals surface area (Å²) in [6, 6.07) is 7.27. The first-order valence-corrected chi connectivity index (χ1v) is 12.1. The van der Waals surface area contributed by atoms with E-state index in [1.165, 1.54) is 23.1 Å². The Bertz CT molecular complexity index is 1170. The van der Waals surface area contributed by atoms with E-state index >= 15 is 0 Å². The number of methoxy groups -OCH3 is 1. The van der Waals surface area contributed by atoms with Gasteiger partial charge in [0.2, 0.25) is 5.91 Å². The highest BCUT2D eigenvalue weighted by molar-refractivity contribution is 8.00. The Morgan fingerprint density at radius 1 is 1.24 bits per heavy atom. The van der Waals surface area contributed by atoms with Gasteiger partial charge in [0.25, 0.3) is 5.91 Å². The predicted octanol–water partition coefficient (Wildman–Crippen LogP) is 3.17. The third kappa shape index (κ3) is 4.98. The number of ether oxygens (including phenoxy) is 2. The van der Waals surface area contributed by atoms with Gasteiger partial charge in [-0.25, -0.2) is 0 Å². The van der Waals surface area contributed by atoms with Gasteiger partial charge in [-0.05, 0) is 56.0 Å². The number of anilines is 1. The summed E-state index contributed by atoms with van der Waals surface area (Å²) in [6.07, 6.45) is 2.75. The van der Waals surface area contributed by atoms with Crippen molar-refractivity contribution in [3.8, 4) is 11.5 Å². The first-order valence-electron chi connectivity index (χ1n) is 10.4. The highest BCUT2D eigenvalue weighted by atomic mass is 32.2. The molecule has 1 aliphatic carbocycles. The lowest BCUT2D eigenvalue weighted by Gasteiger charge is -2.12. The fourth-order valence-corrected chi connectivity index (χ4v) is 5.70. The number of hydrogen-bond acceptors (Lipinski definition) is 8. The summed E-state index contributed by atoms with van der Waals surface area (Å²) in [5.74, 6) is 1.35. The standard InChI is InChI=1S/C22H25N5O4S2/c1-12(20(29)24-21-18(19(23)28)15-5-4-6-16(15)33-21)32-22-26-25-17(27(22)2)11-31-14-9-7-13(30-3)8-10-14/h7-10,12H,4-6,11H2,1-3H3,(H2,23,28)(H,24,29)/t12-/m0/s1. The maximum Gasteiger partial charge on any atom is 0.251 e. The molecule has 174 valence electrons. The van der Waals surface area contributed by atoms with E-state index in [-0.39, 0.29) is 12.5 Å². The van der Waals surface area contributed by atoms with E-state index in [2.05, 4.69) is 15.5 Å². The minimum atomic E-state index is -0.500. The average molecular weight is 488 g/mol. The van der Waals surface area contributed by atoms with Crippen LogP contribution in [-0.2, 0) is 31.3 Å². The number of aryl methyl sites for hydroxylation is 1. The molecule has 2 aromatic heterocycles. The first kappa shape index (κ1) is 23.1. The van der Waals surface area contributed by atoms with Crippen molar-refractivity contribution < 1.29 is 19.1 Å². The van der Waals surface area contributed by atoms with E-state index in [1.807, 2.05) is 31.3 Å². The second-order valence-electron chi connectivity index (χ2n) is 7.60. The average Bonchev–Trinajstić information content (AvgIpc) is 3.47. The van der Waals surface area contributed by atoms with Crippen LogP contribution in [-0.4, -0.2) is 38.9 Å². The lowest BCUT2D eigenvalue weighted by Crippen LogP contribution is -2.24. The third-order valence-electron chi connectivity index (χ3n) is 5.41. The lowest BCUT2D eigenvalue weighted by molar-refractivity contribution is -0.115. The number of fused-ring (bicyclic) bond motifs is 1. The molecule has 0 spiro atoms. The van der Waals surface area contributed by atoms with Crippen LogP contribution in [0.1, 0.15) is 40.0 Å². The molecule has 0 bridgehead atoms. The molecule has 9 nitrogen and oxygen atoms in total. The van der Waals surface area contributed by atoms with Crippen molar-refractivity contribution in [3.63, 3.8) is 0 Å². The van der Waals surface area contributed by atoms with Crippen LogP contribution in [0.15, 0.2) is 29.4 Å². The largest absolute Gasteiger partial charge is 0.497 e. The van der Waals surface area contributed by atoms with Crippen molar-refractivity contribution in [2.45, 2.75) is 43.2 Å². The molecule has 0 saturated carbocycles. The Hall–Kier alpha value is -3.05. The lowest BCUT2D eigenvalue weighted by atomic mass is 10.1. The molecule has 0 unspecified atom stereocenters. The van der Waals surface area contributed by atoms with E-state index in [9.17, 15) is 9.59 Å². The van der Waals surface area contributed by atoms with Gasteiger partial charge in [-0.2, -0.15) is 0 Å². The van der Waals surface area contributed by atoms with Crippen molar-refractivity contribution >= 4 is 39.9 Å². The molecule has 0 radical (unpaired) electrons. The number of carbonyl (C=O) groups is 2. The van der Waals surface area contributed by atoms with Crippen LogP contribution in [0.25, 0.3) is 0 Å². The summed E-state index contributed by atoms with van der Waals surface area (Å²) in [5.41, 5.74) is 7.02. The summed E-state index contributed by atoms with van der Waals surface area (Å²) in [4.78, 5) is 25.9. The Balaban J connectivity index is 1.37. The number of aromatic nitrogens is 3. The quantitative estimate of drug-likeness (QED) is 0.445. The molecule has 0 aliphatic heterocycles. The second kappa shape index (κ2) is 9.84. The fourth-order valence-electron chi connectivity index (χ4n) is 3.57. The van der Waals surface area contributed by atoms with Crippen molar-refractivity contribution in [2.75, 3.05) is 12.4 Å². The van der Waals surface area contributed by atoms with Crippen LogP contribution >= 0.6 is 23.1 Å². The molecule has 3 aromatic rings. The Morgan fingerprint density at radius 2 is 1.97 bits per heavy atom. The van der Waals surface area contributed by atoms with E-state index < -0.39 is 11.2 Å². The molecule has 33 heavy (non-hydrogen) atoms. The number of thiophene rings is 1. The maximum atomic E-state index is 12.8. The maximum absolute atomic E-state index is 12.8. The highest BCUT2D eigenvalue weighted by Crippen LogP contribution is 2.39. The molecule has 1 atom stereocenters. The molecular formula is C22H25N5O4S2. The minimum absolute atomic E-state index is 0.221. The van der Waals surface area contributed by atoms with Gasteiger partial charge < -0.3 is 25.1 Å². The second-order valence-corrected chi connectivity index (χ2v) is 10.0. The summed E-state index contributed by atoms with van der Waals surface area (Å²) in [6.45, 7) is 2.02. The topological polar surface area (TPSA) is 121 Å². The summed E-state index contributed by atoms with van der Waals surface area (Å²) in [5, 5.41) is 11.9. The van der Waals surface area contributed by atoms with Crippen molar-refractivity contribution in [2.24, 2.45) is 12.8 Å². The number of hydrogen-bond donors (Lipinski definition) is 2.